The zero-order valence-corrected chi connectivity index (χ0v) is 5.76. The van der Waals surface area contributed by atoms with Crippen molar-refractivity contribution in [3.63, 3.8) is 0 Å². The van der Waals surface area contributed by atoms with E-state index in [1.165, 1.54) is 0 Å². The van der Waals surface area contributed by atoms with Gasteiger partial charge in [0.1, 0.15) is 6.10 Å². The molecule has 1 atom stereocenters. The van der Waals surface area contributed by atoms with Gasteiger partial charge in [0, 0.05) is 6.61 Å². The van der Waals surface area contributed by atoms with Crippen molar-refractivity contribution in [3.05, 3.63) is 6.92 Å². The lowest BCUT2D eigenvalue weighted by molar-refractivity contribution is 0.102. The van der Waals surface area contributed by atoms with E-state index in [-0.39, 0.29) is 6.10 Å². The fraction of sp³-hybridized carbons (Fsp3) is 0.625. The second kappa shape index (κ2) is 5.65. The summed E-state index contributed by atoms with van der Waals surface area (Å²) < 4.78 is 5.12. The SMILES string of the molecule is [CH]CCCOC(C)C#C. The van der Waals surface area contributed by atoms with Crippen LogP contribution in [0.4, 0.5) is 0 Å². The van der Waals surface area contributed by atoms with Gasteiger partial charge in [-0.15, -0.1) is 6.42 Å². The lowest BCUT2D eigenvalue weighted by atomic mass is 10.3. The van der Waals surface area contributed by atoms with Crippen molar-refractivity contribution in [2.75, 3.05) is 6.61 Å². The van der Waals surface area contributed by atoms with Gasteiger partial charge in [-0.3, -0.25) is 0 Å². The Morgan fingerprint density at radius 2 is 2.33 bits per heavy atom. The van der Waals surface area contributed by atoms with E-state index < -0.39 is 0 Å². The Morgan fingerprint density at radius 1 is 1.67 bits per heavy atom. The zero-order chi connectivity index (χ0) is 7.11. The maximum atomic E-state index is 5.22. The molecule has 0 N–H and O–H groups in total. The van der Waals surface area contributed by atoms with Gasteiger partial charge >= 0.3 is 0 Å². The maximum absolute atomic E-state index is 5.22. The summed E-state index contributed by atoms with van der Waals surface area (Å²) in [5.74, 6) is 2.46. The van der Waals surface area contributed by atoms with E-state index in [1.54, 1.807) is 0 Å². The number of ether oxygens (including phenoxy) is 1. The van der Waals surface area contributed by atoms with Gasteiger partial charge in [0.2, 0.25) is 0 Å². The Morgan fingerprint density at radius 3 is 2.78 bits per heavy atom. The molecule has 0 aliphatic carbocycles. The topological polar surface area (TPSA) is 9.23 Å². The van der Waals surface area contributed by atoms with Crippen molar-refractivity contribution in [3.8, 4) is 12.3 Å². The van der Waals surface area contributed by atoms with E-state index >= 15 is 0 Å². The van der Waals surface area contributed by atoms with Crippen LogP contribution in [0.3, 0.4) is 0 Å². The Hall–Kier alpha value is -0.480. The van der Waals surface area contributed by atoms with Crippen molar-refractivity contribution in [1.82, 2.24) is 0 Å². The molecule has 0 spiro atoms. The molecule has 0 heterocycles. The standard InChI is InChI=1S/C8H12O/c1-4-6-7-9-8(3)5-2/h1-2,8H,4,6-7H2,3H3. The summed E-state index contributed by atoms with van der Waals surface area (Å²) in [6, 6.07) is 0. The summed E-state index contributed by atoms with van der Waals surface area (Å²) in [4.78, 5) is 0. The Kier molecular flexibility index (Phi) is 5.35. The van der Waals surface area contributed by atoms with Gasteiger partial charge in [-0.2, -0.15) is 0 Å². The van der Waals surface area contributed by atoms with Gasteiger partial charge in [0.25, 0.3) is 0 Å². The average Bonchev–Trinajstić information content (AvgIpc) is 1.89. The zero-order valence-electron chi connectivity index (χ0n) is 5.76. The molecule has 1 heteroatoms. The number of hydrogen-bond donors (Lipinski definition) is 0. The fourth-order valence-electron chi connectivity index (χ4n) is 0.392. The molecule has 9 heavy (non-hydrogen) atoms. The number of rotatable bonds is 4. The molecule has 0 rings (SSSR count). The van der Waals surface area contributed by atoms with Crippen LogP contribution in [0.15, 0.2) is 0 Å². The largest absolute Gasteiger partial charge is 0.366 e. The third-order valence-corrected chi connectivity index (χ3v) is 0.951. The first-order chi connectivity index (χ1) is 4.31. The quantitative estimate of drug-likeness (QED) is 0.408. The summed E-state index contributed by atoms with van der Waals surface area (Å²) in [6.45, 7) is 7.74. The second-order valence-electron chi connectivity index (χ2n) is 1.82. The number of terminal acetylenes is 1. The van der Waals surface area contributed by atoms with Gasteiger partial charge in [-0.25, -0.2) is 0 Å². The molecular weight excluding hydrogens is 112 g/mol. The lowest BCUT2D eigenvalue weighted by Crippen LogP contribution is -2.05. The summed E-state index contributed by atoms with van der Waals surface area (Å²) in [5.41, 5.74) is 0. The number of hydrogen-bond acceptors (Lipinski definition) is 1. The van der Waals surface area contributed by atoms with Crippen LogP contribution in [0, 0.1) is 19.3 Å². The first-order valence-electron chi connectivity index (χ1n) is 3.09. The lowest BCUT2D eigenvalue weighted by Gasteiger charge is -2.03. The number of unbranched alkanes of at least 4 members (excludes halogenated alkanes) is 1. The van der Waals surface area contributed by atoms with Crippen molar-refractivity contribution in [2.45, 2.75) is 25.9 Å². The van der Waals surface area contributed by atoms with Crippen molar-refractivity contribution < 1.29 is 4.74 Å². The molecule has 0 fully saturated rings. The molecule has 0 saturated carbocycles. The molecule has 1 nitrogen and oxygen atoms in total. The Bertz CT molecular complexity index is 91.2. The highest BCUT2D eigenvalue weighted by Crippen LogP contribution is 1.91. The molecule has 0 aromatic carbocycles. The third kappa shape index (κ3) is 5.39. The molecule has 0 bridgehead atoms. The van der Waals surface area contributed by atoms with Gasteiger partial charge in [-0.05, 0) is 26.7 Å². The summed E-state index contributed by atoms with van der Waals surface area (Å²) in [6.07, 6.45) is 6.52. The fourth-order valence-corrected chi connectivity index (χ4v) is 0.392. The van der Waals surface area contributed by atoms with Gasteiger partial charge in [0.15, 0.2) is 0 Å². The van der Waals surface area contributed by atoms with Crippen LogP contribution < -0.4 is 0 Å². The van der Waals surface area contributed by atoms with E-state index in [9.17, 15) is 0 Å². The molecule has 0 aliphatic heterocycles. The Balaban J connectivity index is 2.99. The molecule has 0 saturated heterocycles. The molecule has 0 aromatic rings. The van der Waals surface area contributed by atoms with E-state index in [2.05, 4.69) is 5.92 Å². The van der Waals surface area contributed by atoms with Crippen molar-refractivity contribution in [2.24, 2.45) is 0 Å². The monoisotopic (exact) mass is 124 g/mol. The predicted molar refractivity (Wildman–Crippen MR) is 37.8 cm³/mol. The molecule has 50 valence electrons. The third-order valence-electron chi connectivity index (χ3n) is 0.951. The van der Waals surface area contributed by atoms with Crippen molar-refractivity contribution in [1.29, 1.82) is 0 Å². The highest BCUT2D eigenvalue weighted by Gasteiger charge is 1.92. The Labute approximate surface area is 57.4 Å². The van der Waals surface area contributed by atoms with E-state index in [4.69, 9.17) is 18.1 Å². The van der Waals surface area contributed by atoms with Gasteiger partial charge in [0.05, 0.1) is 0 Å². The van der Waals surface area contributed by atoms with Gasteiger partial charge < -0.3 is 4.74 Å². The van der Waals surface area contributed by atoms with Crippen LogP contribution in [-0.2, 0) is 4.74 Å². The van der Waals surface area contributed by atoms with Crippen LogP contribution in [-0.4, -0.2) is 12.7 Å². The summed E-state index contributed by atoms with van der Waals surface area (Å²) in [5, 5.41) is 0. The molecule has 2 radical (unpaired) electrons. The van der Waals surface area contributed by atoms with E-state index in [0.717, 1.165) is 6.42 Å². The van der Waals surface area contributed by atoms with E-state index in [1.807, 2.05) is 6.92 Å². The minimum absolute atomic E-state index is 0.0726. The average molecular weight is 124 g/mol. The first kappa shape index (κ1) is 8.52. The maximum Gasteiger partial charge on any atom is 0.115 e. The molecule has 0 aliphatic rings. The normalized spacial score (nSPS) is 12.6. The molecular formula is C8H12O. The molecule has 1 unspecified atom stereocenters. The minimum Gasteiger partial charge on any atom is -0.366 e. The molecule has 0 amide bonds. The second-order valence-corrected chi connectivity index (χ2v) is 1.82. The predicted octanol–water partition coefficient (Wildman–Crippen LogP) is 1.52. The summed E-state index contributed by atoms with van der Waals surface area (Å²) >= 11 is 0. The van der Waals surface area contributed by atoms with Crippen LogP contribution in [0.2, 0.25) is 0 Å². The highest BCUT2D eigenvalue weighted by atomic mass is 16.5. The summed E-state index contributed by atoms with van der Waals surface area (Å²) in [7, 11) is 0. The van der Waals surface area contributed by atoms with Crippen LogP contribution in [0.25, 0.3) is 0 Å². The van der Waals surface area contributed by atoms with Crippen LogP contribution >= 0.6 is 0 Å². The minimum atomic E-state index is -0.0726. The van der Waals surface area contributed by atoms with Crippen LogP contribution in [0.1, 0.15) is 19.8 Å². The van der Waals surface area contributed by atoms with Gasteiger partial charge in [-0.1, -0.05) is 5.92 Å². The van der Waals surface area contributed by atoms with Crippen molar-refractivity contribution >= 4 is 0 Å². The van der Waals surface area contributed by atoms with Crippen LogP contribution in [0.5, 0.6) is 0 Å². The smallest absolute Gasteiger partial charge is 0.115 e. The van der Waals surface area contributed by atoms with E-state index in [0.29, 0.717) is 13.0 Å². The first-order valence-corrected chi connectivity index (χ1v) is 3.09. The molecule has 0 aromatic heterocycles. The highest BCUT2D eigenvalue weighted by molar-refractivity contribution is 4.91.